The molecule has 2 N–H and O–H groups in total. The second-order valence-electron chi connectivity index (χ2n) is 8.56. The first-order valence-corrected chi connectivity index (χ1v) is 12.9. The molecule has 1 saturated carbocycles. The zero-order valence-electron chi connectivity index (χ0n) is 18.0. The first kappa shape index (κ1) is 22.5. The number of amides is 1. The van der Waals surface area contributed by atoms with Crippen molar-refractivity contribution in [2.45, 2.75) is 55.9 Å². The summed E-state index contributed by atoms with van der Waals surface area (Å²) in [5.41, 5.74) is 1.24. The van der Waals surface area contributed by atoms with Crippen molar-refractivity contribution in [3.63, 3.8) is 0 Å². The summed E-state index contributed by atoms with van der Waals surface area (Å²) >= 11 is 0. The molecule has 8 nitrogen and oxygen atoms in total. The fourth-order valence-corrected chi connectivity index (χ4v) is 5.94. The van der Waals surface area contributed by atoms with E-state index in [1.807, 2.05) is 0 Å². The van der Waals surface area contributed by atoms with Crippen LogP contribution >= 0.6 is 0 Å². The third-order valence-corrected chi connectivity index (χ3v) is 8.27. The highest BCUT2D eigenvalue weighted by Crippen LogP contribution is 2.31. The average Bonchev–Trinajstić information content (AvgIpc) is 3.33. The second-order valence-corrected chi connectivity index (χ2v) is 10.5. The summed E-state index contributed by atoms with van der Waals surface area (Å²) in [6.07, 6.45) is 7.26. The van der Waals surface area contributed by atoms with Crippen LogP contribution in [0.2, 0.25) is 0 Å². The van der Waals surface area contributed by atoms with Crippen LogP contribution in [0.3, 0.4) is 0 Å². The van der Waals surface area contributed by atoms with Crippen LogP contribution in [-0.2, 0) is 24.3 Å². The van der Waals surface area contributed by atoms with Gasteiger partial charge in [-0.05, 0) is 43.9 Å². The Labute approximate surface area is 184 Å². The quantitative estimate of drug-likeness (QED) is 0.662. The van der Waals surface area contributed by atoms with Gasteiger partial charge >= 0.3 is 0 Å². The largest absolute Gasteiger partial charge is 0.381 e. The van der Waals surface area contributed by atoms with Crippen molar-refractivity contribution in [1.29, 1.82) is 0 Å². The Morgan fingerprint density at radius 3 is 2.48 bits per heavy atom. The number of anilines is 2. The Balaban J connectivity index is 1.55. The van der Waals surface area contributed by atoms with Crippen LogP contribution in [-0.4, -0.2) is 64.2 Å². The molecule has 0 bridgehead atoms. The van der Waals surface area contributed by atoms with Gasteiger partial charge in [-0.2, -0.15) is 4.31 Å². The van der Waals surface area contributed by atoms with Crippen molar-refractivity contribution in [2.24, 2.45) is 5.92 Å². The third-order valence-electron chi connectivity index (χ3n) is 6.38. The maximum atomic E-state index is 13.1. The van der Waals surface area contributed by atoms with Crippen LogP contribution in [0.1, 0.15) is 44.9 Å². The van der Waals surface area contributed by atoms with Crippen LogP contribution in [0.4, 0.5) is 11.4 Å². The number of benzene rings is 1. The summed E-state index contributed by atoms with van der Waals surface area (Å²) in [4.78, 5) is 13.1. The van der Waals surface area contributed by atoms with Crippen molar-refractivity contribution in [2.75, 3.05) is 50.1 Å². The fraction of sp³-hybridized carbons (Fsp3) is 0.682. The standard InChI is InChI=1S/C22H33N3O5S/c26-22(17-5-2-1-3-6-17)24-21-15-19(31(27,28)25-10-13-29-14-11-25)8-9-20(21)23-16-18-7-4-12-30-18/h8-9,15,17-18,23H,1-7,10-14,16H2,(H,24,26)/t18-/m1/s1. The Morgan fingerprint density at radius 1 is 1.00 bits per heavy atom. The molecule has 1 aromatic rings. The molecule has 172 valence electrons. The lowest BCUT2D eigenvalue weighted by Crippen LogP contribution is -2.40. The summed E-state index contributed by atoms with van der Waals surface area (Å²) in [6.45, 7) is 2.86. The third kappa shape index (κ3) is 5.58. The SMILES string of the molecule is O=C(Nc1cc(S(=O)(=O)N2CCOCC2)ccc1NC[C@H]1CCCO1)C1CCCCC1. The molecular formula is C22H33N3O5S. The summed E-state index contributed by atoms with van der Waals surface area (Å²) in [5, 5.41) is 6.37. The van der Waals surface area contributed by atoms with Gasteiger partial charge in [-0.15, -0.1) is 0 Å². The molecule has 1 aliphatic carbocycles. The number of rotatable bonds is 7. The maximum absolute atomic E-state index is 13.1. The topological polar surface area (TPSA) is 97.0 Å². The molecule has 0 aromatic heterocycles. The average molecular weight is 452 g/mol. The minimum Gasteiger partial charge on any atom is -0.381 e. The summed E-state index contributed by atoms with van der Waals surface area (Å²) in [7, 11) is -3.64. The lowest BCUT2D eigenvalue weighted by atomic mass is 9.88. The van der Waals surface area contributed by atoms with Crippen molar-refractivity contribution in [1.82, 2.24) is 4.31 Å². The Kier molecular flexibility index (Phi) is 7.47. The number of nitrogens with zero attached hydrogens (tertiary/aromatic N) is 1. The fourth-order valence-electron chi connectivity index (χ4n) is 4.51. The Hall–Kier alpha value is -1.68. The van der Waals surface area contributed by atoms with Gasteiger partial charge in [0.05, 0.1) is 35.6 Å². The minimum atomic E-state index is -3.64. The van der Waals surface area contributed by atoms with Gasteiger partial charge in [0.25, 0.3) is 0 Å². The normalized spacial score (nSPS) is 23.5. The first-order chi connectivity index (χ1) is 15.0. The molecule has 0 radical (unpaired) electrons. The molecule has 1 aromatic carbocycles. The molecule has 2 heterocycles. The predicted molar refractivity (Wildman–Crippen MR) is 119 cm³/mol. The van der Waals surface area contributed by atoms with Crippen molar-refractivity contribution in [3.8, 4) is 0 Å². The smallest absolute Gasteiger partial charge is 0.243 e. The summed E-state index contributed by atoms with van der Waals surface area (Å²) < 4.78 is 38.7. The van der Waals surface area contributed by atoms with Crippen LogP contribution < -0.4 is 10.6 Å². The highest BCUT2D eigenvalue weighted by atomic mass is 32.2. The van der Waals surface area contributed by atoms with Crippen LogP contribution in [0, 0.1) is 5.92 Å². The molecule has 0 unspecified atom stereocenters. The van der Waals surface area contributed by atoms with Gasteiger partial charge in [0.2, 0.25) is 15.9 Å². The van der Waals surface area contributed by atoms with E-state index in [1.165, 1.54) is 10.7 Å². The molecule has 4 rings (SSSR count). The van der Waals surface area contributed by atoms with Gasteiger partial charge in [-0.3, -0.25) is 4.79 Å². The van der Waals surface area contributed by atoms with Crippen molar-refractivity contribution < 1.29 is 22.7 Å². The minimum absolute atomic E-state index is 0.0146. The Bertz CT molecular complexity index is 858. The first-order valence-electron chi connectivity index (χ1n) is 11.4. The van der Waals surface area contributed by atoms with Crippen molar-refractivity contribution >= 4 is 27.3 Å². The zero-order chi connectivity index (χ0) is 21.7. The van der Waals surface area contributed by atoms with E-state index >= 15 is 0 Å². The molecule has 3 aliphatic rings. The number of carbonyl (C=O) groups is 1. The lowest BCUT2D eigenvalue weighted by Gasteiger charge is -2.27. The number of nitrogens with one attached hydrogen (secondary N) is 2. The molecular weight excluding hydrogens is 418 g/mol. The van der Waals surface area contributed by atoms with E-state index in [2.05, 4.69) is 10.6 Å². The second kappa shape index (κ2) is 10.3. The highest BCUT2D eigenvalue weighted by molar-refractivity contribution is 7.89. The summed E-state index contributed by atoms with van der Waals surface area (Å²) in [6, 6.07) is 4.95. The number of ether oxygens (including phenoxy) is 2. The van der Waals surface area contributed by atoms with Gasteiger partial charge in [-0.25, -0.2) is 8.42 Å². The van der Waals surface area contributed by atoms with E-state index in [4.69, 9.17) is 9.47 Å². The number of morpholine rings is 1. The van der Waals surface area contributed by atoms with Gasteiger partial charge in [0.15, 0.2) is 0 Å². The molecule has 9 heteroatoms. The number of hydrogen-bond acceptors (Lipinski definition) is 6. The molecule has 3 fully saturated rings. The summed E-state index contributed by atoms with van der Waals surface area (Å²) in [5.74, 6) is -0.0416. The van der Waals surface area contributed by atoms with Crippen LogP contribution in [0.5, 0.6) is 0 Å². The van der Waals surface area contributed by atoms with E-state index in [1.54, 1.807) is 18.2 Å². The molecule has 0 spiro atoms. The molecule has 2 aliphatic heterocycles. The van der Waals surface area contributed by atoms with E-state index in [-0.39, 0.29) is 22.8 Å². The van der Waals surface area contributed by atoms with Gasteiger partial charge in [0.1, 0.15) is 0 Å². The highest BCUT2D eigenvalue weighted by Gasteiger charge is 2.28. The zero-order valence-corrected chi connectivity index (χ0v) is 18.8. The van der Waals surface area contributed by atoms with Crippen LogP contribution in [0.25, 0.3) is 0 Å². The monoisotopic (exact) mass is 451 g/mol. The molecule has 1 atom stereocenters. The number of sulfonamides is 1. The number of hydrogen-bond donors (Lipinski definition) is 2. The van der Waals surface area contributed by atoms with Gasteiger partial charge < -0.3 is 20.1 Å². The van der Waals surface area contributed by atoms with Gasteiger partial charge in [-0.1, -0.05) is 19.3 Å². The van der Waals surface area contributed by atoms with Crippen molar-refractivity contribution in [3.05, 3.63) is 18.2 Å². The molecule has 2 saturated heterocycles. The van der Waals surface area contributed by atoms with E-state index in [0.717, 1.165) is 50.8 Å². The molecule has 1 amide bonds. The molecule has 31 heavy (non-hydrogen) atoms. The lowest BCUT2D eigenvalue weighted by molar-refractivity contribution is -0.120. The van der Waals surface area contributed by atoms with E-state index in [0.29, 0.717) is 38.5 Å². The van der Waals surface area contributed by atoms with E-state index in [9.17, 15) is 13.2 Å². The van der Waals surface area contributed by atoms with Gasteiger partial charge in [0, 0.05) is 32.2 Å². The number of carbonyl (C=O) groups excluding carboxylic acids is 1. The predicted octanol–water partition coefficient (Wildman–Crippen LogP) is 2.82. The van der Waals surface area contributed by atoms with E-state index < -0.39 is 10.0 Å². The van der Waals surface area contributed by atoms with Crippen LogP contribution in [0.15, 0.2) is 23.1 Å². The Morgan fingerprint density at radius 2 is 1.77 bits per heavy atom. The maximum Gasteiger partial charge on any atom is 0.243 e.